The van der Waals surface area contributed by atoms with E-state index in [2.05, 4.69) is 0 Å². The first-order valence-electron chi connectivity index (χ1n) is 14.9. The molecule has 0 unspecified atom stereocenters. The summed E-state index contributed by atoms with van der Waals surface area (Å²) < 4.78 is 39.3. The molecule has 0 aromatic heterocycles. The van der Waals surface area contributed by atoms with Crippen LogP contribution in [0, 0.1) is 11.8 Å². The zero-order valence-corrected chi connectivity index (χ0v) is 26.8. The van der Waals surface area contributed by atoms with Gasteiger partial charge in [0.25, 0.3) is 0 Å². The summed E-state index contributed by atoms with van der Waals surface area (Å²) in [5.74, 6) is -0.661. The van der Waals surface area contributed by atoms with Gasteiger partial charge in [-0.2, -0.15) is 4.31 Å². The van der Waals surface area contributed by atoms with E-state index in [4.69, 9.17) is 9.47 Å². The predicted molar refractivity (Wildman–Crippen MR) is 170 cm³/mol. The maximum absolute atomic E-state index is 13.7. The van der Waals surface area contributed by atoms with Crippen molar-refractivity contribution in [2.24, 2.45) is 11.8 Å². The van der Waals surface area contributed by atoms with E-state index < -0.39 is 34.2 Å². The second-order valence-electron chi connectivity index (χ2n) is 11.7. The van der Waals surface area contributed by atoms with Crippen LogP contribution in [0.15, 0.2) is 83.8 Å². The largest absolute Gasteiger partial charge is 0.497 e. The number of amides is 1. The smallest absolute Gasteiger partial charge is 0.415 e. The second kappa shape index (κ2) is 14.8. The lowest BCUT2D eigenvalue weighted by Crippen LogP contribution is -2.43. The first kappa shape index (κ1) is 33.8. The van der Waals surface area contributed by atoms with Gasteiger partial charge in [0.1, 0.15) is 5.75 Å². The minimum Gasteiger partial charge on any atom is -0.497 e. The van der Waals surface area contributed by atoms with Gasteiger partial charge in [0, 0.05) is 30.8 Å². The highest BCUT2D eigenvalue weighted by atomic mass is 32.2. The average Bonchev–Trinajstić information content (AvgIpc) is 3.42. The Labute approximate surface area is 264 Å². The minimum atomic E-state index is -3.98. The molecule has 1 heterocycles. The first-order chi connectivity index (χ1) is 21.4. The van der Waals surface area contributed by atoms with Gasteiger partial charge in [0.2, 0.25) is 10.0 Å². The SMILES string of the molecule is COc1ccc(S(=O)(=O)N(CC(C)C)C[C@@H](O)[C@@H](CC(=O)[C@@H]2CN(c3ccc(C(C)=O)cc3)C(=O)O2)Cc2ccccc2)cc1. The van der Waals surface area contributed by atoms with Crippen molar-refractivity contribution in [3.63, 3.8) is 0 Å². The molecule has 240 valence electrons. The van der Waals surface area contributed by atoms with E-state index in [-0.39, 0.29) is 48.4 Å². The molecule has 0 aliphatic carbocycles. The van der Waals surface area contributed by atoms with Crippen LogP contribution in [0.2, 0.25) is 0 Å². The Morgan fingerprint density at radius 1 is 1.00 bits per heavy atom. The van der Waals surface area contributed by atoms with Gasteiger partial charge >= 0.3 is 6.09 Å². The lowest BCUT2D eigenvalue weighted by atomic mass is 9.88. The summed E-state index contributed by atoms with van der Waals surface area (Å²) in [7, 11) is -2.49. The number of Topliss-reactive ketones (excluding diaryl/α,β-unsaturated/α-hetero) is 2. The number of carbonyl (C=O) groups is 3. The number of benzene rings is 3. The number of aliphatic hydroxyl groups excluding tert-OH is 1. The van der Waals surface area contributed by atoms with Crippen LogP contribution < -0.4 is 9.64 Å². The van der Waals surface area contributed by atoms with Crippen molar-refractivity contribution in [1.29, 1.82) is 0 Å². The number of ether oxygens (including phenoxy) is 2. The molecular weight excluding hydrogens is 596 g/mol. The molecule has 0 radical (unpaired) electrons. The maximum Gasteiger partial charge on any atom is 0.415 e. The number of sulfonamides is 1. The standard InChI is InChI=1S/C34H40N2O8S/c1-23(2)20-35(45(41,42)30-16-14-29(43-4)15-17-30)21-32(39)27(18-25-8-6-5-7-9-25)19-31(38)33-22-36(34(40)44-33)28-12-10-26(11-13-28)24(3)37/h5-17,23,27,32-33,39H,18-22H2,1-4H3/t27-,32-,33+/m1/s1. The number of nitrogens with zero attached hydrogens (tertiary/aromatic N) is 2. The van der Waals surface area contributed by atoms with Crippen molar-refractivity contribution in [2.75, 3.05) is 31.6 Å². The number of ketones is 2. The van der Waals surface area contributed by atoms with Crippen LogP contribution in [-0.4, -0.2) is 74.4 Å². The Hall–Kier alpha value is -4.06. The van der Waals surface area contributed by atoms with Crippen LogP contribution in [0.3, 0.4) is 0 Å². The third-order valence-corrected chi connectivity index (χ3v) is 9.61. The third kappa shape index (κ3) is 8.56. The summed E-state index contributed by atoms with van der Waals surface area (Å²) in [6.45, 7) is 5.15. The van der Waals surface area contributed by atoms with Crippen LogP contribution in [0.1, 0.15) is 43.1 Å². The van der Waals surface area contributed by atoms with Gasteiger partial charge in [-0.05, 0) is 79.3 Å². The fourth-order valence-electron chi connectivity index (χ4n) is 5.30. The molecule has 1 aliphatic rings. The van der Waals surface area contributed by atoms with E-state index in [1.807, 2.05) is 44.2 Å². The molecule has 4 rings (SSSR count). The monoisotopic (exact) mass is 636 g/mol. The summed E-state index contributed by atoms with van der Waals surface area (Å²) in [5, 5.41) is 11.6. The number of rotatable bonds is 15. The lowest BCUT2D eigenvalue weighted by molar-refractivity contribution is -0.127. The number of hydrogen-bond donors (Lipinski definition) is 1. The van der Waals surface area contributed by atoms with E-state index in [0.717, 1.165) is 5.56 Å². The normalized spacial score (nSPS) is 16.5. The minimum absolute atomic E-state index is 0.0173. The molecule has 0 bridgehead atoms. The van der Waals surface area contributed by atoms with Crippen LogP contribution in [0.25, 0.3) is 0 Å². The average molecular weight is 637 g/mol. The zero-order valence-electron chi connectivity index (χ0n) is 26.0. The third-order valence-electron chi connectivity index (χ3n) is 7.76. The predicted octanol–water partition coefficient (Wildman–Crippen LogP) is 4.75. The Bertz CT molecular complexity index is 1570. The molecule has 1 saturated heterocycles. The lowest BCUT2D eigenvalue weighted by Gasteiger charge is -2.30. The molecule has 1 amide bonds. The Kier molecular flexibility index (Phi) is 11.1. The number of carbonyl (C=O) groups excluding carboxylic acids is 3. The topological polar surface area (TPSA) is 131 Å². The molecule has 3 atom stereocenters. The fraction of sp³-hybridized carbons (Fsp3) is 0.382. The molecule has 3 aromatic carbocycles. The van der Waals surface area contributed by atoms with Gasteiger partial charge in [-0.25, -0.2) is 13.2 Å². The van der Waals surface area contributed by atoms with Gasteiger partial charge in [-0.15, -0.1) is 0 Å². The quantitative estimate of drug-likeness (QED) is 0.237. The summed E-state index contributed by atoms with van der Waals surface area (Å²) >= 11 is 0. The molecule has 11 heteroatoms. The van der Waals surface area contributed by atoms with E-state index in [1.54, 1.807) is 36.4 Å². The van der Waals surface area contributed by atoms with Crippen LogP contribution >= 0.6 is 0 Å². The number of methoxy groups -OCH3 is 1. The highest BCUT2D eigenvalue weighted by Crippen LogP contribution is 2.27. The van der Waals surface area contributed by atoms with Crippen molar-refractivity contribution >= 4 is 33.4 Å². The van der Waals surface area contributed by atoms with Gasteiger partial charge in [-0.3, -0.25) is 14.5 Å². The van der Waals surface area contributed by atoms with Crippen molar-refractivity contribution < 1.29 is 37.4 Å². The molecule has 10 nitrogen and oxygen atoms in total. The van der Waals surface area contributed by atoms with Crippen molar-refractivity contribution in [3.8, 4) is 5.75 Å². The maximum atomic E-state index is 13.7. The van der Waals surface area contributed by atoms with Gasteiger partial charge in [0.15, 0.2) is 17.7 Å². The van der Waals surface area contributed by atoms with Crippen LogP contribution in [0.4, 0.5) is 10.5 Å². The molecule has 1 fully saturated rings. The first-order valence-corrected chi connectivity index (χ1v) is 16.3. The highest BCUT2D eigenvalue weighted by Gasteiger charge is 2.39. The second-order valence-corrected chi connectivity index (χ2v) is 13.6. The summed E-state index contributed by atoms with van der Waals surface area (Å²) in [6, 6.07) is 21.9. The molecule has 0 saturated carbocycles. The Morgan fingerprint density at radius 2 is 1.64 bits per heavy atom. The van der Waals surface area contributed by atoms with Crippen molar-refractivity contribution in [1.82, 2.24) is 4.31 Å². The fourth-order valence-corrected chi connectivity index (χ4v) is 6.92. The number of cyclic esters (lactones) is 1. The molecule has 0 spiro atoms. The van der Waals surface area contributed by atoms with Crippen molar-refractivity contribution in [2.45, 2.75) is 50.7 Å². The van der Waals surface area contributed by atoms with Crippen LogP contribution in [0.5, 0.6) is 5.75 Å². The Morgan fingerprint density at radius 3 is 2.22 bits per heavy atom. The van der Waals surface area contributed by atoms with Gasteiger partial charge in [0.05, 0.1) is 24.7 Å². The van der Waals surface area contributed by atoms with Gasteiger partial charge < -0.3 is 14.6 Å². The number of hydrogen-bond acceptors (Lipinski definition) is 8. The van der Waals surface area contributed by atoms with Crippen molar-refractivity contribution in [3.05, 3.63) is 90.0 Å². The summed E-state index contributed by atoms with van der Waals surface area (Å²) in [4.78, 5) is 39.3. The Balaban J connectivity index is 1.54. The van der Waals surface area contributed by atoms with Gasteiger partial charge in [-0.1, -0.05) is 44.2 Å². The zero-order chi connectivity index (χ0) is 32.7. The van der Waals surface area contributed by atoms with E-state index in [1.165, 1.54) is 35.4 Å². The number of anilines is 1. The van der Waals surface area contributed by atoms with E-state index in [9.17, 15) is 27.9 Å². The molecule has 1 N–H and O–H groups in total. The molecule has 3 aromatic rings. The van der Waals surface area contributed by atoms with E-state index in [0.29, 0.717) is 23.4 Å². The summed E-state index contributed by atoms with van der Waals surface area (Å²) in [6.07, 6.45) is -2.78. The highest BCUT2D eigenvalue weighted by molar-refractivity contribution is 7.89. The molecular formula is C34H40N2O8S. The van der Waals surface area contributed by atoms with Crippen LogP contribution in [-0.2, 0) is 26.0 Å². The molecule has 1 aliphatic heterocycles. The van der Waals surface area contributed by atoms with E-state index >= 15 is 0 Å². The number of aliphatic hydroxyl groups is 1. The summed E-state index contributed by atoms with van der Waals surface area (Å²) in [5.41, 5.74) is 1.87. The molecule has 45 heavy (non-hydrogen) atoms.